The molecule has 0 unspecified atom stereocenters. The number of ether oxygens (including phenoxy) is 1. The van der Waals surface area contributed by atoms with Crippen LogP contribution >= 0.6 is 0 Å². The van der Waals surface area contributed by atoms with Gasteiger partial charge in [0.15, 0.2) is 0 Å². The van der Waals surface area contributed by atoms with Gasteiger partial charge in [0.1, 0.15) is 24.4 Å². The molecule has 1 fully saturated rings. The molecule has 4 aromatic rings. The summed E-state index contributed by atoms with van der Waals surface area (Å²) in [5.41, 5.74) is 1.86. The fourth-order valence-corrected chi connectivity index (χ4v) is 4.40. The predicted molar refractivity (Wildman–Crippen MR) is 88.7 cm³/mol. The van der Waals surface area contributed by atoms with Gasteiger partial charge >= 0.3 is 0 Å². The summed E-state index contributed by atoms with van der Waals surface area (Å²) >= 11 is 0. The largest absolute Gasteiger partial charge is 0.387 e. The Balaban J connectivity index is 1.86. The lowest BCUT2D eigenvalue weighted by Gasteiger charge is -2.25. The van der Waals surface area contributed by atoms with Crippen molar-refractivity contribution in [3.63, 3.8) is 0 Å². The first-order valence-electron chi connectivity index (χ1n) is 7.96. The second kappa shape index (κ2) is 3.82. The van der Waals surface area contributed by atoms with Gasteiger partial charge in [-0.15, -0.1) is 0 Å². The maximum Gasteiger partial charge on any atom is 0.118 e. The Morgan fingerprint density at radius 2 is 1.57 bits per heavy atom. The molecule has 112 valence electrons. The molecule has 3 nitrogen and oxygen atoms in total. The van der Waals surface area contributed by atoms with Crippen molar-refractivity contribution in [1.82, 2.24) is 0 Å². The Morgan fingerprint density at radius 3 is 2.39 bits per heavy atom. The first-order chi connectivity index (χ1) is 11.2. The normalized spacial score (nSPS) is 29.1. The Bertz CT molecular complexity index is 1080. The van der Waals surface area contributed by atoms with E-state index in [-0.39, 0.29) is 12.2 Å². The van der Waals surface area contributed by atoms with Crippen LogP contribution in [0.3, 0.4) is 0 Å². The number of fused-ring (bicyclic) bond motifs is 4. The fourth-order valence-electron chi connectivity index (χ4n) is 4.40. The molecule has 2 N–H and O–H groups in total. The Kier molecular flexibility index (Phi) is 2.03. The molecule has 0 spiro atoms. The van der Waals surface area contributed by atoms with Crippen molar-refractivity contribution < 1.29 is 14.9 Å². The average molecular weight is 302 g/mol. The summed E-state index contributed by atoms with van der Waals surface area (Å²) in [5.74, 6) is 0. The number of benzene rings is 4. The van der Waals surface area contributed by atoms with E-state index in [1.54, 1.807) is 0 Å². The zero-order valence-electron chi connectivity index (χ0n) is 12.2. The average Bonchev–Trinajstić information content (AvgIpc) is 3.37. The third kappa shape index (κ3) is 1.36. The number of hydrogen-bond donors (Lipinski definition) is 2. The van der Waals surface area contributed by atoms with Crippen LogP contribution in [0.25, 0.3) is 32.3 Å². The molecular weight excluding hydrogens is 288 g/mol. The molecule has 0 aromatic heterocycles. The third-order valence-electron chi connectivity index (χ3n) is 5.51. The SMILES string of the molecule is O[C@H]1[C@H]2O[C@@H]2c2c(cc3ccc4cccc5ccc2c3c45)[C@@H]1O. The maximum absolute atomic E-state index is 10.5. The van der Waals surface area contributed by atoms with Crippen molar-refractivity contribution in [2.75, 3.05) is 0 Å². The molecular formula is C20H14O3. The van der Waals surface area contributed by atoms with E-state index in [0.29, 0.717) is 0 Å². The zero-order valence-corrected chi connectivity index (χ0v) is 12.2. The lowest BCUT2D eigenvalue weighted by molar-refractivity contribution is 0.000163. The highest BCUT2D eigenvalue weighted by Gasteiger charge is 2.54. The van der Waals surface area contributed by atoms with Crippen molar-refractivity contribution >= 4 is 32.3 Å². The van der Waals surface area contributed by atoms with Gasteiger partial charge in [0, 0.05) is 0 Å². The van der Waals surface area contributed by atoms with Gasteiger partial charge in [-0.05, 0) is 49.5 Å². The minimum atomic E-state index is -0.879. The highest BCUT2D eigenvalue weighted by Crippen LogP contribution is 2.54. The predicted octanol–water partition coefficient (Wildman–Crippen LogP) is 3.43. The van der Waals surface area contributed by atoms with E-state index in [0.717, 1.165) is 21.9 Å². The minimum absolute atomic E-state index is 0.0898. The molecule has 23 heavy (non-hydrogen) atoms. The van der Waals surface area contributed by atoms with Gasteiger partial charge in [0.25, 0.3) is 0 Å². The Morgan fingerprint density at radius 1 is 0.826 bits per heavy atom. The van der Waals surface area contributed by atoms with Crippen LogP contribution in [0, 0.1) is 0 Å². The zero-order chi connectivity index (χ0) is 15.3. The van der Waals surface area contributed by atoms with E-state index in [1.807, 2.05) is 6.07 Å². The van der Waals surface area contributed by atoms with E-state index in [9.17, 15) is 10.2 Å². The lowest BCUT2D eigenvalue weighted by Crippen LogP contribution is -2.29. The summed E-state index contributed by atoms with van der Waals surface area (Å²) < 4.78 is 5.67. The lowest BCUT2D eigenvalue weighted by atomic mass is 9.81. The topological polar surface area (TPSA) is 53.0 Å². The van der Waals surface area contributed by atoms with E-state index in [1.165, 1.54) is 21.5 Å². The Hall–Kier alpha value is -2.20. The van der Waals surface area contributed by atoms with Crippen LogP contribution in [0.2, 0.25) is 0 Å². The second-order valence-corrected chi connectivity index (χ2v) is 6.69. The molecule has 0 bridgehead atoms. The molecule has 1 aliphatic carbocycles. The van der Waals surface area contributed by atoms with Gasteiger partial charge in [-0.2, -0.15) is 0 Å². The molecule has 1 heterocycles. The van der Waals surface area contributed by atoms with Crippen LogP contribution in [0.1, 0.15) is 23.3 Å². The molecule has 4 atom stereocenters. The number of aliphatic hydroxyl groups excluding tert-OH is 2. The third-order valence-corrected chi connectivity index (χ3v) is 5.51. The molecule has 0 saturated carbocycles. The van der Waals surface area contributed by atoms with Crippen molar-refractivity contribution in [3.05, 3.63) is 59.7 Å². The van der Waals surface area contributed by atoms with Gasteiger partial charge < -0.3 is 14.9 Å². The smallest absolute Gasteiger partial charge is 0.118 e. The minimum Gasteiger partial charge on any atom is -0.387 e. The first kappa shape index (κ1) is 12.3. The van der Waals surface area contributed by atoms with E-state index >= 15 is 0 Å². The molecule has 4 aromatic carbocycles. The molecule has 1 saturated heterocycles. The summed E-state index contributed by atoms with van der Waals surface area (Å²) in [7, 11) is 0. The number of hydrogen-bond acceptors (Lipinski definition) is 3. The fraction of sp³-hybridized carbons (Fsp3) is 0.200. The van der Waals surface area contributed by atoms with Gasteiger partial charge in [-0.3, -0.25) is 0 Å². The van der Waals surface area contributed by atoms with E-state index < -0.39 is 12.2 Å². The Labute approximate surface area is 132 Å². The van der Waals surface area contributed by atoms with Crippen LogP contribution in [-0.4, -0.2) is 22.4 Å². The van der Waals surface area contributed by atoms with Crippen molar-refractivity contribution in [1.29, 1.82) is 0 Å². The summed E-state index contributed by atoms with van der Waals surface area (Å²) in [6.07, 6.45) is -2.07. The van der Waals surface area contributed by atoms with Gasteiger partial charge in [0.05, 0.1) is 0 Å². The molecule has 6 rings (SSSR count). The van der Waals surface area contributed by atoms with Crippen molar-refractivity contribution in [2.45, 2.75) is 24.4 Å². The van der Waals surface area contributed by atoms with E-state index in [4.69, 9.17) is 4.74 Å². The van der Waals surface area contributed by atoms with E-state index in [2.05, 4.69) is 42.5 Å². The highest BCUT2D eigenvalue weighted by molar-refractivity contribution is 6.23. The maximum atomic E-state index is 10.5. The summed E-state index contributed by atoms with van der Waals surface area (Å²) in [6, 6.07) is 16.9. The summed E-state index contributed by atoms with van der Waals surface area (Å²) in [4.78, 5) is 0. The number of epoxide rings is 1. The monoisotopic (exact) mass is 302 g/mol. The van der Waals surface area contributed by atoms with Crippen LogP contribution in [-0.2, 0) is 4.74 Å². The number of rotatable bonds is 0. The highest BCUT2D eigenvalue weighted by atomic mass is 16.6. The molecule has 3 heteroatoms. The molecule has 1 aliphatic heterocycles. The van der Waals surface area contributed by atoms with Crippen LogP contribution in [0.15, 0.2) is 48.5 Å². The van der Waals surface area contributed by atoms with Crippen LogP contribution in [0.4, 0.5) is 0 Å². The molecule has 0 amide bonds. The van der Waals surface area contributed by atoms with Gasteiger partial charge in [0.2, 0.25) is 0 Å². The number of aliphatic hydroxyl groups is 2. The van der Waals surface area contributed by atoms with Crippen molar-refractivity contribution in [2.24, 2.45) is 0 Å². The standard InChI is InChI=1S/C20H14O3/c21-17-13-8-11-5-4-9-2-1-3-10-6-7-12(15(11)14(9)10)16(13)19-20(23-19)18(17)22/h1-8,17-22H/t17-,18+,19+,20+/m0/s1. The van der Waals surface area contributed by atoms with Crippen LogP contribution in [0.5, 0.6) is 0 Å². The summed E-state index contributed by atoms with van der Waals surface area (Å²) in [6.45, 7) is 0. The van der Waals surface area contributed by atoms with Crippen LogP contribution < -0.4 is 0 Å². The molecule has 2 aliphatic rings. The first-order valence-corrected chi connectivity index (χ1v) is 7.96. The summed E-state index contributed by atoms with van der Waals surface area (Å²) in [5, 5.41) is 27.8. The van der Waals surface area contributed by atoms with Gasteiger partial charge in [-0.1, -0.05) is 42.5 Å². The molecule has 0 radical (unpaired) electrons. The second-order valence-electron chi connectivity index (χ2n) is 6.69. The van der Waals surface area contributed by atoms with Crippen molar-refractivity contribution in [3.8, 4) is 0 Å². The quantitative estimate of drug-likeness (QED) is 0.386. The van der Waals surface area contributed by atoms with Gasteiger partial charge in [-0.25, -0.2) is 0 Å².